The number of benzene rings is 2. The largest absolute Gasteiger partial charge is 0.508 e. The maximum atomic E-state index is 12.1. The molecule has 3 rings (SSSR count). The zero-order valence-electron chi connectivity index (χ0n) is 17.5. The van der Waals surface area contributed by atoms with Gasteiger partial charge in [-0.1, -0.05) is 12.1 Å². The van der Waals surface area contributed by atoms with E-state index in [0.29, 0.717) is 0 Å². The molecule has 1 unspecified atom stereocenters. The third-order valence-corrected chi connectivity index (χ3v) is 3.25. The molecule has 11 heteroatoms. The number of hydrogen-bond donors (Lipinski definition) is 6. The van der Waals surface area contributed by atoms with E-state index >= 15 is 0 Å². The highest BCUT2D eigenvalue weighted by molar-refractivity contribution is 6.02. The van der Waals surface area contributed by atoms with E-state index in [0.717, 1.165) is 32.4 Å². The van der Waals surface area contributed by atoms with E-state index < -0.39 is 24.0 Å². The summed E-state index contributed by atoms with van der Waals surface area (Å²) in [5, 5.41) is 50.7. The molecule has 0 aromatic heterocycles. The lowest BCUT2D eigenvalue weighted by Gasteiger charge is -2.26. The van der Waals surface area contributed by atoms with Gasteiger partial charge in [-0.25, -0.2) is 0 Å². The number of rotatable bonds is 1. The summed E-state index contributed by atoms with van der Waals surface area (Å²) < 4.78 is 5.67. The second kappa shape index (κ2) is 13.1. The van der Waals surface area contributed by atoms with Crippen LogP contribution in [0.4, 0.5) is 0 Å². The highest BCUT2D eigenvalue weighted by atomic mass is 16.5. The van der Waals surface area contributed by atoms with Gasteiger partial charge >= 0.3 is 0 Å². The van der Waals surface area contributed by atoms with Gasteiger partial charge in [-0.2, -0.15) is 0 Å². The highest BCUT2D eigenvalue weighted by Gasteiger charge is 2.30. The molecule has 6 N–H and O–H groups in total. The molecule has 0 fully saturated rings. The zero-order chi connectivity index (χ0) is 25.0. The number of Topliss-reactive ketones (excluding diaryl/α,β-unsaturated/α-hetero) is 1. The number of aliphatic carboxylic acids is 3. The summed E-state index contributed by atoms with van der Waals surface area (Å²) in [6.45, 7) is 3.25. The molecule has 0 saturated carbocycles. The monoisotopic (exact) mass is 452 g/mol. The van der Waals surface area contributed by atoms with Gasteiger partial charge in [0.25, 0.3) is 17.9 Å². The fourth-order valence-electron chi connectivity index (χ4n) is 2.30. The molecule has 0 amide bonds. The summed E-state index contributed by atoms with van der Waals surface area (Å²) in [6, 6.07) is 8.78. The minimum Gasteiger partial charge on any atom is -0.508 e. The van der Waals surface area contributed by atoms with Crippen molar-refractivity contribution in [2.75, 3.05) is 0 Å². The Bertz CT molecular complexity index is 908. The summed E-state index contributed by atoms with van der Waals surface area (Å²) in [5.74, 6) is -2.90. The number of phenols is 3. The quantitative estimate of drug-likeness (QED) is 0.372. The summed E-state index contributed by atoms with van der Waals surface area (Å²) >= 11 is 0. The fourth-order valence-corrected chi connectivity index (χ4v) is 2.30. The lowest BCUT2D eigenvalue weighted by atomic mass is 9.95. The van der Waals surface area contributed by atoms with Crippen LogP contribution < -0.4 is 4.74 Å². The van der Waals surface area contributed by atoms with Crippen LogP contribution in [-0.2, 0) is 14.4 Å². The lowest BCUT2D eigenvalue weighted by molar-refractivity contribution is -0.135. The summed E-state index contributed by atoms with van der Waals surface area (Å²) in [5.41, 5.74) is 0.836. The topological polar surface area (TPSA) is 199 Å². The second-order valence-corrected chi connectivity index (χ2v) is 6.22. The predicted molar refractivity (Wildman–Crippen MR) is 110 cm³/mol. The Labute approximate surface area is 182 Å². The van der Waals surface area contributed by atoms with Gasteiger partial charge in [0.05, 0.1) is 6.42 Å². The first-order chi connectivity index (χ1) is 14.7. The van der Waals surface area contributed by atoms with Gasteiger partial charge in [0.1, 0.15) is 34.7 Å². The number of aromatic hydroxyl groups is 3. The van der Waals surface area contributed by atoms with Crippen LogP contribution in [0.25, 0.3) is 0 Å². The molecule has 11 nitrogen and oxygen atoms in total. The van der Waals surface area contributed by atoms with Gasteiger partial charge in [-0.15, -0.1) is 0 Å². The molecule has 1 aliphatic heterocycles. The molecular formula is C21H24O11. The van der Waals surface area contributed by atoms with Crippen LogP contribution in [-0.4, -0.2) is 54.3 Å². The van der Waals surface area contributed by atoms with Crippen LogP contribution in [0.5, 0.6) is 23.0 Å². The van der Waals surface area contributed by atoms with Gasteiger partial charge < -0.3 is 35.4 Å². The van der Waals surface area contributed by atoms with Crippen LogP contribution in [0, 0.1) is 0 Å². The minimum absolute atomic E-state index is 0.0934. The number of fused-ring (bicyclic) bond motifs is 1. The van der Waals surface area contributed by atoms with E-state index in [2.05, 4.69) is 0 Å². The van der Waals surface area contributed by atoms with Gasteiger partial charge in [0, 0.05) is 32.9 Å². The SMILES string of the molecule is CC(=O)O.CC(=O)O.CC(=O)O.O=C1CC(c2ccc(O)cc2)Oc2cc(O)cc(O)c21. The van der Waals surface area contributed by atoms with Crippen LogP contribution in [0.3, 0.4) is 0 Å². The lowest BCUT2D eigenvalue weighted by Crippen LogP contribution is -2.20. The molecule has 1 atom stereocenters. The standard InChI is InChI=1S/C15H12O5.3C2H4O2/c16-9-3-1-8(2-4-9)13-7-12(19)15-11(18)5-10(17)6-14(15)20-13;3*1-2(3)4/h1-6,13,16-18H,7H2;3*1H3,(H,3,4). The average Bonchev–Trinajstić information content (AvgIpc) is 2.59. The number of carbonyl (C=O) groups is 4. The molecule has 2 aromatic carbocycles. The molecule has 1 heterocycles. The molecule has 0 aliphatic carbocycles. The molecule has 0 bridgehead atoms. The van der Waals surface area contributed by atoms with Crippen molar-refractivity contribution in [1.82, 2.24) is 0 Å². The highest BCUT2D eigenvalue weighted by Crippen LogP contribution is 2.41. The predicted octanol–water partition coefficient (Wildman–Crippen LogP) is 2.78. The molecule has 0 saturated heterocycles. The van der Waals surface area contributed by atoms with E-state index in [9.17, 15) is 20.1 Å². The second-order valence-electron chi connectivity index (χ2n) is 6.22. The smallest absolute Gasteiger partial charge is 0.300 e. The Morgan fingerprint density at radius 2 is 1.25 bits per heavy atom. The summed E-state index contributed by atoms with van der Waals surface area (Å²) in [6.07, 6.45) is -0.410. The minimum atomic E-state index is -0.833. The van der Waals surface area contributed by atoms with Gasteiger partial charge in [-0.3, -0.25) is 19.2 Å². The fraction of sp³-hybridized carbons (Fsp3) is 0.238. The Morgan fingerprint density at radius 1 is 0.812 bits per heavy atom. The third kappa shape index (κ3) is 11.0. The van der Waals surface area contributed by atoms with Crippen molar-refractivity contribution in [3.8, 4) is 23.0 Å². The molecule has 32 heavy (non-hydrogen) atoms. The molecule has 1 aliphatic rings. The number of ketones is 1. The molecule has 2 aromatic rings. The van der Waals surface area contributed by atoms with E-state index in [4.69, 9.17) is 34.4 Å². The van der Waals surface area contributed by atoms with E-state index in [-0.39, 0.29) is 40.8 Å². The van der Waals surface area contributed by atoms with Crippen LogP contribution in [0.2, 0.25) is 0 Å². The van der Waals surface area contributed by atoms with Crippen molar-refractivity contribution in [1.29, 1.82) is 0 Å². The van der Waals surface area contributed by atoms with E-state index in [1.54, 1.807) is 12.1 Å². The van der Waals surface area contributed by atoms with Crippen LogP contribution in [0.15, 0.2) is 36.4 Å². The number of carboxylic acid groups (broad SMARTS) is 3. The van der Waals surface area contributed by atoms with Crippen molar-refractivity contribution in [2.24, 2.45) is 0 Å². The van der Waals surface area contributed by atoms with Gasteiger partial charge in [0.15, 0.2) is 5.78 Å². The Balaban J connectivity index is 0.000000668. The first kappa shape index (κ1) is 27.7. The zero-order valence-corrected chi connectivity index (χ0v) is 17.5. The Morgan fingerprint density at radius 3 is 1.69 bits per heavy atom. The third-order valence-electron chi connectivity index (χ3n) is 3.25. The van der Waals surface area contributed by atoms with Gasteiger partial charge in [-0.05, 0) is 17.7 Å². The number of ether oxygens (including phenoxy) is 1. The van der Waals surface area contributed by atoms with Crippen molar-refractivity contribution in [2.45, 2.75) is 33.3 Å². The number of carboxylic acids is 3. The van der Waals surface area contributed by atoms with E-state index in [1.165, 1.54) is 18.2 Å². The van der Waals surface area contributed by atoms with Crippen LogP contribution in [0.1, 0.15) is 49.2 Å². The molecule has 0 radical (unpaired) electrons. The normalized spacial score (nSPS) is 13.2. The maximum Gasteiger partial charge on any atom is 0.300 e. The van der Waals surface area contributed by atoms with Crippen molar-refractivity contribution < 1.29 is 54.6 Å². The van der Waals surface area contributed by atoms with E-state index in [1.807, 2.05) is 0 Å². The average molecular weight is 452 g/mol. The summed E-state index contributed by atoms with van der Waals surface area (Å²) in [7, 11) is 0. The Hall–Kier alpha value is -4.28. The first-order valence-electron chi connectivity index (χ1n) is 8.87. The van der Waals surface area contributed by atoms with Crippen molar-refractivity contribution >= 4 is 23.7 Å². The summed E-state index contributed by atoms with van der Waals surface area (Å²) in [4.78, 5) is 39.1. The molecule has 174 valence electrons. The van der Waals surface area contributed by atoms with Crippen molar-refractivity contribution in [3.63, 3.8) is 0 Å². The number of phenolic OH excluding ortho intramolecular Hbond substituents is 3. The number of carbonyl (C=O) groups excluding carboxylic acids is 1. The first-order valence-corrected chi connectivity index (χ1v) is 8.87. The Kier molecular flexibility index (Phi) is 11.4. The van der Waals surface area contributed by atoms with Gasteiger partial charge in [0.2, 0.25) is 0 Å². The van der Waals surface area contributed by atoms with Crippen LogP contribution >= 0.6 is 0 Å². The molecule has 0 spiro atoms. The number of hydrogen-bond acceptors (Lipinski definition) is 8. The molecular weight excluding hydrogens is 428 g/mol. The maximum absolute atomic E-state index is 12.1. The van der Waals surface area contributed by atoms with Crippen molar-refractivity contribution in [3.05, 3.63) is 47.5 Å².